The first kappa shape index (κ1) is 16.4. The monoisotopic (exact) mass is 355 g/mol. The number of fused-ring (bicyclic) bond motifs is 1. The van der Waals surface area contributed by atoms with E-state index >= 15 is 0 Å². The Balaban J connectivity index is 1.74. The molecule has 1 N–H and O–H groups in total. The van der Waals surface area contributed by atoms with E-state index in [1.54, 1.807) is 0 Å². The van der Waals surface area contributed by atoms with Crippen LogP contribution in [0.15, 0.2) is 48.5 Å². The first-order chi connectivity index (χ1) is 12.2. The quantitative estimate of drug-likeness (QED) is 0.770. The van der Waals surface area contributed by atoms with Gasteiger partial charge in [0.2, 0.25) is 5.95 Å². The first-order valence-corrected chi connectivity index (χ1v) is 9.18. The number of benzene rings is 2. The standard InChI is InChI=1S/C20H22ClN3O/c21-17-9-7-15(8-10-17)13-24-19-6-2-1-5-18(19)22-20(24)23-11-3-4-16(12-23)14-25/h1-2,5-10,16,25H,3-4,11-14H2. The zero-order valence-corrected chi connectivity index (χ0v) is 14.9. The zero-order chi connectivity index (χ0) is 17.2. The topological polar surface area (TPSA) is 41.3 Å². The van der Waals surface area contributed by atoms with Gasteiger partial charge in [0, 0.05) is 24.7 Å². The minimum Gasteiger partial charge on any atom is -0.396 e. The zero-order valence-electron chi connectivity index (χ0n) is 14.1. The van der Waals surface area contributed by atoms with Crippen molar-refractivity contribution >= 4 is 28.6 Å². The van der Waals surface area contributed by atoms with Crippen molar-refractivity contribution in [1.82, 2.24) is 9.55 Å². The molecule has 0 spiro atoms. The molecule has 2 aromatic carbocycles. The number of aliphatic hydroxyl groups is 1. The predicted octanol–water partition coefficient (Wildman–Crippen LogP) is 3.95. The fourth-order valence-corrected chi connectivity index (χ4v) is 3.75. The third-order valence-corrected chi connectivity index (χ3v) is 5.20. The van der Waals surface area contributed by atoms with Crippen molar-refractivity contribution in [3.8, 4) is 0 Å². The Morgan fingerprint density at radius 1 is 1.12 bits per heavy atom. The van der Waals surface area contributed by atoms with Gasteiger partial charge in [0.1, 0.15) is 0 Å². The van der Waals surface area contributed by atoms with Crippen LogP contribution in [-0.2, 0) is 6.54 Å². The fraction of sp³-hybridized carbons (Fsp3) is 0.350. The highest BCUT2D eigenvalue weighted by atomic mass is 35.5. The van der Waals surface area contributed by atoms with E-state index in [0.717, 1.165) is 54.5 Å². The molecule has 3 aromatic rings. The van der Waals surface area contributed by atoms with Crippen molar-refractivity contribution in [2.24, 2.45) is 5.92 Å². The van der Waals surface area contributed by atoms with Crippen LogP contribution in [0.5, 0.6) is 0 Å². The number of para-hydroxylation sites is 2. The normalized spacial score (nSPS) is 18.0. The second-order valence-electron chi connectivity index (χ2n) is 6.75. The summed E-state index contributed by atoms with van der Waals surface area (Å²) in [5, 5.41) is 10.3. The lowest BCUT2D eigenvalue weighted by Crippen LogP contribution is -2.38. The number of hydrogen-bond acceptors (Lipinski definition) is 3. The number of aliphatic hydroxyl groups excluding tert-OH is 1. The third kappa shape index (κ3) is 3.37. The molecule has 1 aliphatic rings. The Hall–Kier alpha value is -2.04. The summed E-state index contributed by atoms with van der Waals surface area (Å²) in [7, 11) is 0. The smallest absolute Gasteiger partial charge is 0.206 e. The van der Waals surface area contributed by atoms with Gasteiger partial charge in [0.05, 0.1) is 17.6 Å². The molecule has 5 heteroatoms. The number of halogens is 1. The maximum absolute atomic E-state index is 9.56. The first-order valence-electron chi connectivity index (χ1n) is 8.80. The molecule has 1 unspecified atom stereocenters. The van der Waals surface area contributed by atoms with Gasteiger partial charge in [-0.25, -0.2) is 4.98 Å². The second kappa shape index (κ2) is 7.06. The van der Waals surface area contributed by atoms with Crippen LogP contribution >= 0.6 is 11.6 Å². The lowest BCUT2D eigenvalue weighted by Gasteiger charge is -2.33. The van der Waals surface area contributed by atoms with Crippen molar-refractivity contribution in [2.75, 3.05) is 24.6 Å². The number of rotatable bonds is 4. The minimum atomic E-state index is 0.244. The van der Waals surface area contributed by atoms with Gasteiger partial charge in [-0.1, -0.05) is 35.9 Å². The van der Waals surface area contributed by atoms with Crippen LogP contribution in [0.3, 0.4) is 0 Å². The molecule has 1 atom stereocenters. The Morgan fingerprint density at radius 3 is 2.72 bits per heavy atom. The molecule has 4 rings (SSSR count). The molecule has 130 valence electrons. The fourth-order valence-electron chi connectivity index (χ4n) is 3.63. The van der Waals surface area contributed by atoms with E-state index in [-0.39, 0.29) is 6.61 Å². The van der Waals surface area contributed by atoms with Gasteiger partial charge in [-0.15, -0.1) is 0 Å². The average molecular weight is 356 g/mol. The van der Waals surface area contributed by atoms with E-state index in [9.17, 15) is 5.11 Å². The van der Waals surface area contributed by atoms with Crippen LogP contribution < -0.4 is 4.90 Å². The number of imidazole rings is 1. The number of nitrogens with zero attached hydrogens (tertiary/aromatic N) is 3. The van der Waals surface area contributed by atoms with Crippen LogP contribution in [0.4, 0.5) is 5.95 Å². The summed E-state index contributed by atoms with van der Waals surface area (Å²) < 4.78 is 2.28. The lowest BCUT2D eigenvalue weighted by molar-refractivity contribution is 0.208. The Kier molecular flexibility index (Phi) is 4.64. The molecule has 0 bridgehead atoms. The highest BCUT2D eigenvalue weighted by molar-refractivity contribution is 6.30. The molecular formula is C20H22ClN3O. The number of aromatic nitrogens is 2. The van der Waals surface area contributed by atoms with Crippen molar-refractivity contribution in [1.29, 1.82) is 0 Å². The summed E-state index contributed by atoms with van der Waals surface area (Å²) in [6.45, 7) is 2.85. The van der Waals surface area contributed by atoms with Gasteiger partial charge in [0.25, 0.3) is 0 Å². The largest absolute Gasteiger partial charge is 0.396 e. The van der Waals surface area contributed by atoms with Gasteiger partial charge in [-0.05, 0) is 48.6 Å². The summed E-state index contributed by atoms with van der Waals surface area (Å²) in [5.74, 6) is 1.33. The third-order valence-electron chi connectivity index (χ3n) is 4.95. The Labute approximate surface area is 152 Å². The van der Waals surface area contributed by atoms with Crippen molar-refractivity contribution in [3.05, 3.63) is 59.1 Å². The van der Waals surface area contributed by atoms with Crippen molar-refractivity contribution in [2.45, 2.75) is 19.4 Å². The maximum atomic E-state index is 9.56. The summed E-state index contributed by atoms with van der Waals surface area (Å²) in [4.78, 5) is 7.22. The molecule has 2 heterocycles. The number of anilines is 1. The van der Waals surface area contributed by atoms with Crippen molar-refractivity contribution in [3.63, 3.8) is 0 Å². The van der Waals surface area contributed by atoms with Crippen molar-refractivity contribution < 1.29 is 5.11 Å². The summed E-state index contributed by atoms with van der Waals surface area (Å²) in [6.07, 6.45) is 2.18. The van der Waals surface area contributed by atoms with E-state index in [1.807, 2.05) is 18.2 Å². The molecule has 1 aliphatic heterocycles. The van der Waals surface area contributed by atoms with E-state index in [1.165, 1.54) is 5.56 Å². The molecule has 4 nitrogen and oxygen atoms in total. The van der Waals surface area contributed by atoms with Crippen LogP contribution in [0.25, 0.3) is 11.0 Å². The summed E-state index contributed by atoms with van der Waals surface area (Å²) >= 11 is 6.02. The summed E-state index contributed by atoms with van der Waals surface area (Å²) in [5.41, 5.74) is 3.35. The highest BCUT2D eigenvalue weighted by Gasteiger charge is 2.24. The number of hydrogen-bond donors (Lipinski definition) is 1. The molecule has 1 saturated heterocycles. The van der Waals surface area contributed by atoms with Gasteiger partial charge in [-0.2, -0.15) is 0 Å². The van der Waals surface area contributed by atoms with Gasteiger partial charge >= 0.3 is 0 Å². The molecule has 1 aromatic heterocycles. The summed E-state index contributed by atoms with van der Waals surface area (Å²) in [6, 6.07) is 16.2. The van der Waals surface area contributed by atoms with E-state index < -0.39 is 0 Å². The van der Waals surface area contributed by atoms with Crippen LogP contribution in [0, 0.1) is 5.92 Å². The molecule has 0 amide bonds. The lowest BCUT2D eigenvalue weighted by atomic mass is 9.99. The van der Waals surface area contributed by atoms with Gasteiger partial charge in [0.15, 0.2) is 0 Å². The molecule has 0 aliphatic carbocycles. The highest BCUT2D eigenvalue weighted by Crippen LogP contribution is 2.28. The van der Waals surface area contributed by atoms with Crippen LogP contribution in [0.1, 0.15) is 18.4 Å². The molecule has 0 saturated carbocycles. The minimum absolute atomic E-state index is 0.244. The predicted molar refractivity (Wildman–Crippen MR) is 102 cm³/mol. The van der Waals surface area contributed by atoms with E-state index in [0.29, 0.717) is 5.92 Å². The maximum Gasteiger partial charge on any atom is 0.206 e. The molecule has 25 heavy (non-hydrogen) atoms. The van der Waals surface area contributed by atoms with Gasteiger partial charge < -0.3 is 14.6 Å². The Bertz CT molecular complexity index is 859. The van der Waals surface area contributed by atoms with E-state index in [4.69, 9.17) is 16.6 Å². The Morgan fingerprint density at radius 2 is 1.92 bits per heavy atom. The molecular weight excluding hydrogens is 334 g/mol. The molecule has 0 radical (unpaired) electrons. The number of piperidine rings is 1. The van der Waals surface area contributed by atoms with Crippen LogP contribution in [0.2, 0.25) is 5.02 Å². The SMILES string of the molecule is OCC1CCCN(c2nc3ccccc3n2Cc2ccc(Cl)cc2)C1. The molecule has 1 fully saturated rings. The average Bonchev–Trinajstić information content (AvgIpc) is 3.02. The van der Waals surface area contributed by atoms with Gasteiger partial charge in [-0.3, -0.25) is 0 Å². The van der Waals surface area contributed by atoms with Crippen LogP contribution in [-0.4, -0.2) is 34.4 Å². The van der Waals surface area contributed by atoms with E-state index in [2.05, 4.69) is 39.8 Å². The second-order valence-corrected chi connectivity index (χ2v) is 7.19.